The average Bonchev–Trinajstić information content (AvgIpc) is 2.73. The number of carbonyl (C=O) groups is 3. The second-order valence-electron chi connectivity index (χ2n) is 7.60. The Morgan fingerprint density at radius 1 is 1.03 bits per heavy atom. The van der Waals surface area contributed by atoms with Crippen molar-refractivity contribution in [1.82, 2.24) is 10.2 Å². The van der Waals surface area contributed by atoms with Crippen LogP contribution in [-0.2, 0) is 9.59 Å². The Labute approximate surface area is 189 Å². The number of nitrogens with zero attached hydrogens (tertiary/aromatic N) is 2. The summed E-state index contributed by atoms with van der Waals surface area (Å²) in [7, 11) is 0. The van der Waals surface area contributed by atoms with Crippen LogP contribution in [0, 0.1) is 5.82 Å². The molecule has 1 N–H and O–H groups in total. The van der Waals surface area contributed by atoms with Gasteiger partial charge in [0.1, 0.15) is 5.82 Å². The molecule has 3 rings (SSSR count). The van der Waals surface area contributed by atoms with Gasteiger partial charge in [-0.05, 0) is 42.8 Å². The molecule has 31 heavy (non-hydrogen) atoms. The highest BCUT2D eigenvalue weighted by molar-refractivity contribution is 9.10. The number of piperazine rings is 1. The molecule has 1 aliphatic heterocycles. The van der Waals surface area contributed by atoms with Crippen LogP contribution in [-0.4, -0.2) is 48.7 Å². The molecule has 164 valence electrons. The predicted molar refractivity (Wildman–Crippen MR) is 121 cm³/mol. The molecule has 8 heteroatoms. The fourth-order valence-electron chi connectivity index (χ4n) is 3.68. The van der Waals surface area contributed by atoms with Crippen molar-refractivity contribution in [2.75, 3.05) is 31.1 Å². The van der Waals surface area contributed by atoms with Crippen LogP contribution in [0.25, 0.3) is 0 Å². The highest BCUT2D eigenvalue weighted by atomic mass is 79.9. The first kappa shape index (κ1) is 22.9. The first-order valence-corrected chi connectivity index (χ1v) is 10.9. The van der Waals surface area contributed by atoms with E-state index >= 15 is 0 Å². The van der Waals surface area contributed by atoms with E-state index in [-0.39, 0.29) is 24.0 Å². The number of ketones is 1. The lowest BCUT2D eigenvalue weighted by molar-refractivity contribution is -0.132. The molecule has 1 heterocycles. The number of hydrogen-bond donors (Lipinski definition) is 1. The van der Waals surface area contributed by atoms with Gasteiger partial charge in [0.2, 0.25) is 11.8 Å². The Balaban J connectivity index is 1.63. The second kappa shape index (κ2) is 10.0. The molecule has 0 saturated carbocycles. The number of nitrogens with one attached hydrogen (secondary N) is 1. The number of benzene rings is 2. The molecule has 6 nitrogen and oxygen atoms in total. The van der Waals surface area contributed by atoms with Crippen LogP contribution in [0.2, 0.25) is 0 Å². The van der Waals surface area contributed by atoms with Crippen molar-refractivity contribution in [3.8, 4) is 0 Å². The van der Waals surface area contributed by atoms with E-state index in [2.05, 4.69) is 21.2 Å². The van der Waals surface area contributed by atoms with Crippen LogP contribution in [0.4, 0.5) is 10.1 Å². The van der Waals surface area contributed by atoms with Crippen LogP contribution < -0.4 is 10.2 Å². The van der Waals surface area contributed by atoms with Gasteiger partial charge in [-0.2, -0.15) is 0 Å². The van der Waals surface area contributed by atoms with Crippen molar-refractivity contribution in [3.05, 3.63) is 63.9 Å². The van der Waals surface area contributed by atoms with Gasteiger partial charge in [-0.15, -0.1) is 0 Å². The van der Waals surface area contributed by atoms with Crippen molar-refractivity contribution < 1.29 is 18.8 Å². The standard InChI is InChI=1S/C23H25BrFN3O3/c1-15(29)18-5-8-22(20(25)13-18)27-9-11-28(12-10-27)23(31)14-21(26-16(2)30)17-3-6-19(24)7-4-17/h3-8,13,21H,9-12,14H2,1-2H3,(H,26,30). The topological polar surface area (TPSA) is 69.7 Å². The van der Waals surface area contributed by atoms with Crippen LogP contribution >= 0.6 is 15.9 Å². The van der Waals surface area contributed by atoms with Gasteiger partial charge < -0.3 is 15.1 Å². The molecule has 0 bridgehead atoms. The Kier molecular flexibility index (Phi) is 7.43. The summed E-state index contributed by atoms with van der Waals surface area (Å²) >= 11 is 3.39. The molecule has 0 aromatic heterocycles. The zero-order valence-electron chi connectivity index (χ0n) is 17.5. The van der Waals surface area contributed by atoms with Crippen molar-refractivity contribution in [2.45, 2.75) is 26.3 Å². The predicted octanol–water partition coefficient (Wildman–Crippen LogP) is 3.71. The van der Waals surface area contributed by atoms with Crippen LogP contribution in [0.1, 0.15) is 42.2 Å². The quantitative estimate of drug-likeness (QED) is 0.628. The van der Waals surface area contributed by atoms with Gasteiger partial charge >= 0.3 is 0 Å². The minimum absolute atomic E-state index is 0.0614. The fourth-order valence-corrected chi connectivity index (χ4v) is 3.94. The van der Waals surface area contributed by atoms with Crippen LogP contribution in [0.3, 0.4) is 0 Å². The maximum atomic E-state index is 14.4. The van der Waals surface area contributed by atoms with Crippen molar-refractivity contribution in [1.29, 1.82) is 0 Å². The van der Waals surface area contributed by atoms with E-state index in [4.69, 9.17) is 0 Å². The minimum Gasteiger partial charge on any atom is -0.366 e. The number of carbonyl (C=O) groups excluding carboxylic acids is 3. The first-order valence-electron chi connectivity index (χ1n) is 10.1. The number of Topliss-reactive ketones (excluding diaryl/α,β-unsaturated/α-hetero) is 1. The Hall–Kier alpha value is -2.74. The van der Waals surface area contributed by atoms with Gasteiger partial charge in [0, 0.05) is 43.1 Å². The van der Waals surface area contributed by atoms with E-state index in [9.17, 15) is 18.8 Å². The zero-order chi connectivity index (χ0) is 22.5. The number of hydrogen-bond acceptors (Lipinski definition) is 4. The maximum Gasteiger partial charge on any atom is 0.225 e. The van der Waals surface area contributed by atoms with Crippen molar-refractivity contribution >= 4 is 39.2 Å². The molecule has 1 atom stereocenters. The summed E-state index contributed by atoms with van der Waals surface area (Å²) in [6.45, 7) is 4.73. The maximum absolute atomic E-state index is 14.4. The Morgan fingerprint density at radius 3 is 2.23 bits per heavy atom. The average molecular weight is 490 g/mol. The lowest BCUT2D eigenvalue weighted by Gasteiger charge is -2.37. The number of rotatable bonds is 6. The van der Waals surface area contributed by atoms with Gasteiger partial charge in [0.05, 0.1) is 18.2 Å². The summed E-state index contributed by atoms with van der Waals surface area (Å²) in [5, 5.41) is 2.85. The molecule has 1 fully saturated rings. The van der Waals surface area contributed by atoms with Crippen molar-refractivity contribution in [3.63, 3.8) is 0 Å². The summed E-state index contributed by atoms with van der Waals surface area (Å²) in [5.74, 6) is -0.877. The van der Waals surface area contributed by atoms with Gasteiger partial charge in [-0.3, -0.25) is 14.4 Å². The molecule has 1 aliphatic rings. The summed E-state index contributed by atoms with van der Waals surface area (Å²) in [6, 6.07) is 11.6. The highest BCUT2D eigenvalue weighted by Crippen LogP contribution is 2.24. The number of anilines is 1. The summed E-state index contributed by atoms with van der Waals surface area (Å²) in [4.78, 5) is 39.6. The Bertz CT molecular complexity index is 973. The fraction of sp³-hybridized carbons (Fsp3) is 0.348. The van der Waals surface area contributed by atoms with E-state index < -0.39 is 11.9 Å². The van der Waals surface area contributed by atoms with E-state index in [1.54, 1.807) is 17.0 Å². The Morgan fingerprint density at radius 2 is 1.68 bits per heavy atom. The van der Waals surface area contributed by atoms with Gasteiger partial charge in [-0.25, -0.2) is 4.39 Å². The number of halogens is 2. The molecule has 0 radical (unpaired) electrons. The summed E-state index contributed by atoms with van der Waals surface area (Å²) in [6.07, 6.45) is 0.156. The van der Waals surface area contributed by atoms with Gasteiger partial charge in [0.25, 0.3) is 0 Å². The van der Waals surface area contributed by atoms with E-state index in [1.165, 1.54) is 19.9 Å². The van der Waals surface area contributed by atoms with Crippen LogP contribution in [0.5, 0.6) is 0 Å². The monoisotopic (exact) mass is 489 g/mol. The summed E-state index contributed by atoms with van der Waals surface area (Å²) < 4.78 is 15.4. The zero-order valence-corrected chi connectivity index (χ0v) is 19.1. The normalized spacial score (nSPS) is 14.8. The molecule has 2 amide bonds. The van der Waals surface area contributed by atoms with E-state index in [0.29, 0.717) is 37.4 Å². The lowest BCUT2D eigenvalue weighted by atomic mass is 10.0. The summed E-state index contributed by atoms with van der Waals surface area (Å²) in [5.41, 5.74) is 1.63. The number of amides is 2. The molecule has 0 spiro atoms. The molecule has 1 unspecified atom stereocenters. The smallest absolute Gasteiger partial charge is 0.225 e. The first-order chi connectivity index (χ1) is 14.7. The third kappa shape index (κ3) is 5.91. The van der Waals surface area contributed by atoms with E-state index in [0.717, 1.165) is 10.0 Å². The van der Waals surface area contributed by atoms with Gasteiger partial charge in [-0.1, -0.05) is 28.1 Å². The van der Waals surface area contributed by atoms with E-state index in [1.807, 2.05) is 29.2 Å². The van der Waals surface area contributed by atoms with Crippen LogP contribution in [0.15, 0.2) is 46.9 Å². The molecule has 0 aliphatic carbocycles. The molecular weight excluding hydrogens is 465 g/mol. The molecular formula is C23H25BrFN3O3. The molecule has 1 saturated heterocycles. The molecule has 2 aromatic carbocycles. The van der Waals surface area contributed by atoms with Gasteiger partial charge in [0.15, 0.2) is 5.78 Å². The third-order valence-electron chi connectivity index (χ3n) is 5.36. The second-order valence-corrected chi connectivity index (χ2v) is 8.51. The lowest BCUT2D eigenvalue weighted by Crippen LogP contribution is -2.49. The SMILES string of the molecule is CC(=O)NC(CC(=O)N1CCN(c2ccc(C(C)=O)cc2F)CC1)c1ccc(Br)cc1. The van der Waals surface area contributed by atoms with Crippen molar-refractivity contribution in [2.24, 2.45) is 0 Å². The largest absolute Gasteiger partial charge is 0.366 e. The minimum atomic E-state index is -0.437. The highest BCUT2D eigenvalue weighted by Gasteiger charge is 2.26. The third-order valence-corrected chi connectivity index (χ3v) is 5.88. The molecule has 2 aromatic rings.